The molecule has 2 rings (SSSR count). The summed E-state index contributed by atoms with van der Waals surface area (Å²) in [5.41, 5.74) is 1.86. The summed E-state index contributed by atoms with van der Waals surface area (Å²) < 4.78 is 5.81. The van der Waals surface area contributed by atoms with Crippen LogP contribution in [-0.4, -0.2) is 41.2 Å². The Labute approximate surface area is 143 Å². The van der Waals surface area contributed by atoms with Gasteiger partial charge in [-0.05, 0) is 56.9 Å². The van der Waals surface area contributed by atoms with Gasteiger partial charge in [-0.25, -0.2) is 0 Å². The number of nitrogens with zero attached hydrogens (tertiary/aromatic N) is 1. The van der Waals surface area contributed by atoms with Crippen LogP contribution in [0.1, 0.15) is 43.7 Å². The van der Waals surface area contributed by atoms with Crippen molar-refractivity contribution in [2.45, 2.75) is 64.7 Å². The quantitative estimate of drug-likeness (QED) is 0.913. The number of benzene rings is 1. The monoisotopic (exact) mass is 339 g/mol. The summed E-state index contributed by atoms with van der Waals surface area (Å²) in [6.07, 6.45) is 2.63. The van der Waals surface area contributed by atoms with E-state index in [0.717, 1.165) is 41.8 Å². The van der Waals surface area contributed by atoms with Crippen LogP contribution < -0.4 is 4.74 Å². The highest BCUT2D eigenvalue weighted by Gasteiger charge is 2.32. The third kappa shape index (κ3) is 4.18. The Morgan fingerprint density at radius 1 is 1.30 bits per heavy atom. The maximum absolute atomic E-state index is 12.6. The van der Waals surface area contributed by atoms with Gasteiger partial charge in [-0.3, -0.25) is 4.79 Å². The molecule has 0 bridgehead atoms. The number of aliphatic hydroxyl groups is 1. The van der Waals surface area contributed by atoms with Gasteiger partial charge in [0.1, 0.15) is 5.75 Å². The predicted molar refractivity (Wildman–Crippen MR) is 92.0 cm³/mol. The van der Waals surface area contributed by atoms with Crippen molar-refractivity contribution in [3.8, 4) is 5.75 Å². The van der Waals surface area contributed by atoms with E-state index in [0.29, 0.717) is 5.75 Å². The summed E-state index contributed by atoms with van der Waals surface area (Å²) in [5, 5.41) is 10.8. The molecule has 3 atom stereocenters. The molecule has 0 spiro atoms. The van der Waals surface area contributed by atoms with Crippen molar-refractivity contribution >= 4 is 17.5 Å². The van der Waals surface area contributed by atoms with Crippen LogP contribution in [0.15, 0.2) is 12.1 Å². The fourth-order valence-electron chi connectivity index (χ4n) is 3.22. The molecule has 3 unspecified atom stereocenters. The Balaban J connectivity index is 2.04. The number of carbonyl (C=O) groups is 1. The number of amides is 1. The maximum atomic E-state index is 12.6. The van der Waals surface area contributed by atoms with Crippen molar-refractivity contribution in [2.24, 2.45) is 0 Å². The zero-order valence-electron chi connectivity index (χ0n) is 14.3. The first-order valence-electron chi connectivity index (χ1n) is 8.19. The van der Waals surface area contributed by atoms with Crippen LogP contribution in [0.25, 0.3) is 0 Å². The van der Waals surface area contributed by atoms with E-state index in [1.807, 2.05) is 26.0 Å². The third-order valence-corrected chi connectivity index (χ3v) is 5.21. The lowest BCUT2D eigenvalue weighted by Crippen LogP contribution is -2.50. The van der Waals surface area contributed by atoms with E-state index in [9.17, 15) is 9.90 Å². The molecule has 0 heterocycles. The van der Waals surface area contributed by atoms with E-state index >= 15 is 0 Å². The molecule has 1 saturated carbocycles. The zero-order chi connectivity index (χ0) is 17.1. The summed E-state index contributed by atoms with van der Waals surface area (Å²) in [6.45, 7) is 5.58. The number of aryl methyl sites for hydroxylation is 2. The van der Waals surface area contributed by atoms with Crippen molar-refractivity contribution < 1.29 is 14.6 Å². The Hall–Kier alpha value is -1.26. The lowest BCUT2D eigenvalue weighted by molar-refractivity contribution is -0.142. The van der Waals surface area contributed by atoms with Gasteiger partial charge >= 0.3 is 0 Å². The molecule has 1 aliphatic rings. The number of hydrogen-bond acceptors (Lipinski definition) is 3. The van der Waals surface area contributed by atoms with Gasteiger partial charge in [-0.1, -0.05) is 24.4 Å². The Bertz CT molecular complexity index is 552. The summed E-state index contributed by atoms with van der Waals surface area (Å²) >= 11 is 6.16. The normalized spacial score (nSPS) is 22.5. The number of likely N-dealkylation sites (N-methyl/N-ethyl adjacent to an activating group) is 1. The summed E-state index contributed by atoms with van der Waals surface area (Å²) in [7, 11) is 1.75. The minimum absolute atomic E-state index is 0.110. The minimum Gasteiger partial charge on any atom is -0.481 e. The number of carbonyl (C=O) groups excluding carboxylic acids is 1. The molecular formula is C18H26ClNO3. The number of aliphatic hydroxyl groups excluding tert-OH is 1. The van der Waals surface area contributed by atoms with Crippen LogP contribution in [0.4, 0.5) is 0 Å². The molecule has 1 amide bonds. The molecule has 23 heavy (non-hydrogen) atoms. The third-order valence-electron chi connectivity index (χ3n) is 4.61. The highest BCUT2D eigenvalue weighted by molar-refractivity contribution is 6.32. The van der Waals surface area contributed by atoms with Crippen LogP contribution in [0.5, 0.6) is 5.75 Å². The van der Waals surface area contributed by atoms with Gasteiger partial charge in [0.25, 0.3) is 5.91 Å². The maximum Gasteiger partial charge on any atom is 0.263 e. The molecule has 4 nitrogen and oxygen atoms in total. The lowest BCUT2D eigenvalue weighted by Gasteiger charge is -2.36. The second-order valence-electron chi connectivity index (χ2n) is 6.50. The zero-order valence-corrected chi connectivity index (χ0v) is 15.1. The summed E-state index contributed by atoms with van der Waals surface area (Å²) in [6, 6.07) is 3.57. The fraction of sp³-hybridized carbons (Fsp3) is 0.611. The molecule has 0 saturated heterocycles. The van der Waals surface area contributed by atoms with E-state index in [1.54, 1.807) is 18.9 Å². The first kappa shape index (κ1) is 18.1. The highest BCUT2D eigenvalue weighted by atomic mass is 35.5. The highest BCUT2D eigenvalue weighted by Crippen LogP contribution is 2.27. The average molecular weight is 340 g/mol. The van der Waals surface area contributed by atoms with Gasteiger partial charge in [0.2, 0.25) is 0 Å². The molecule has 1 aromatic carbocycles. The van der Waals surface area contributed by atoms with Gasteiger partial charge in [0, 0.05) is 12.1 Å². The molecule has 128 valence electrons. The lowest BCUT2D eigenvalue weighted by atomic mass is 9.91. The molecule has 1 fully saturated rings. The van der Waals surface area contributed by atoms with Crippen LogP contribution >= 0.6 is 11.6 Å². The van der Waals surface area contributed by atoms with Gasteiger partial charge in [0.15, 0.2) is 6.10 Å². The van der Waals surface area contributed by atoms with Crippen LogP contribution in [-0.2, 0) is 4.79 Å². The van der Waals surface area contributed by atoms with E-state index in [1.165, 1.54) is 0 Å². The van der Waals surface area contributed by atoms with E-state index in [-0.39, 0.29) is 11.9 Å². The average Bonchev–Trinajstić information content (AvgIpc) is 2.51. The second kappa shape index (κ2) is 7.54. The topological polar surface area (TPSA) is 49.8 Å². The van der Waals surface area contributed by atoms with Crippen LogP contribution in [0.2, 0.25) is 5.02 Å². The van der Waals surface area contributed by atoms with E-state index in [4.69, 9.17) is 16.3 Å². The van der Waals surface area contributed by atoms with E-state index < -0.39 is 12.2 Å². The van der Waals surface area contributed by atoms with Crippen molar-refractivity contribution in [3.63, 3.8) is 0 Å². The SMILES string of the molecule is Cc1cc(OC(C)C(=O)N(C)C2CCCCC2O)cc(C)c1Cl. The fourth-order valence-corrected chi connectivity index (χ4v) is 3.33. The smallest absolute Gasteiger partial charge is 0.263 e. The van der Waals surface area contributed by atoms with Gasteiger partial charge < -0.3 is 14.7 Å². The number of ether oxygens (including phenoxy) is 1. The van der Waals surface area contributed by atoms with Crippen molar-refractivity contribution in [2.75, 3.05) is 7.05 Å². The molecule has 1 aromatic rings. The molecule has 1 N–H and O–H groups in total. The summed E-state index contributed by atoms with van der Waals surface area (Å²) in [4.78, 5) is 14.2. The Kier molecular flexibility index (Phi) is 5.93. The van der Waals surface area contributed by atoms with Gasteiger partial charge in [-0.15, -0.1) is 0 Å². The molecule has 0 radical (unpaired) electrons. The van der Waals surface area contributed by atoms with Crippen molar-refractivity contribution in [3.05, 3.63) is 28.3 Å². The minimum atomic E-state index is -0.603. The second-order valence-corrected chi connectivity index (χ2v) is 6.88. The van der Waals surface area contributed by atoms with Crippen LogP contribution in [0.3, 0.4) is 0 Å². The number of rotatable bonds is 4. The number of hydrogen-bond donors (Lipinski definition) is 1. The molecule has 1 aliphatic carbocycles. The summed E-state index contributed by atoms with van der Waals surface area (Å²) in [5.74, 6) is 0.532. The van der Waals surface area contributed by atoms with Crippen molar-refractivity contribution in [1.82, 2.24) is 4.90 Å². The predicted octanol–water partition coefficient (Wildman–Crippen LogP) is 3.49. The Morgan fingerprint density at radius 2 is 1.87 bits per heavy atom. The first-order chi connectivity index (χ1) is 10.8. The Morgan fingerprint density at radius 3 is 2.43 bits per heavy atom. The standard InChI is InChI=1S/C18H26ClNO3/c1-11-9-14(10-12(2)17(11)19)23-13(3)18(22)20(4)15-7-5-6-8-16(15)21/h9-10,13,15-16,21H,5-8H2,1-4H3. The first-order valence-corrected chi connectivity index (χ1v) is 8.57. The van der Waals surface area contributed by atoms with Gasteiger partial charge in [0.05, 0.1) is 12.1 Å². The molecular weight excluding hydrogens is 314 g/mol. The molecule has 0 aliphatic heterocycles. The molecule has 0 aromatic heterocycles. The van der Waals surface area contributed by atoms with Crippen molar-refractivity contribution in [1.29, 1.82) is 0 Å². The molecule has 5 heteroatoms. The largest absolute Gasteiger partial charge is 0.481 e. The van der Waals surface area contributed by atoms with E-state index in [2.05, 4.69) is 0 Å². The van der Waals surface area contributed by atoms with Crippen LogP contribution in [0, 0.1) is 13.8 Å². The van der Waals surface area contributed by atoms with Gasteiger partial charge in [-0.2, -0.15) is 0 Å². The number of halogens is 1.